The maximum absolute atomic E-state index is 12.9. The fourth-order valence-electron chi connectivity index (χ4n) is 2.78. The second kappa shape index (κ2) is 6.86. The molecule has 1 amide bonds. The topological polar surface area (TPSA) is 85.4 Å². The first kappa shape index (κ1) is 16.8. The fraction of sp³-hybridized carbons (Fsp3) is 0.533. The molecule has 0 unspecified atom stereocenters. The predicted molar refractivity (Wildman–Crippen MR) is 84.8 cm³/mol. The number of sulfonamides is 1. The molecule has 0 aliphatic carbocycles. The molecular weight excluding hydrogens is 336 g/mol. The number of hydrogen-bond donors (Lipinski definition) is 0. The second-order valence-electron chi connectivity index (χ2n) is 5.52. The number of methoxy groups -OCH3 is 1. The zero-order chi connectivity index (χ0) is 17.2. The molecule has 2 heterocycles. The van der Waals surface area contributed by atoms with Gasteiger partial charge >= 0.3 is 6.09 Å². The highest BCUT2D eigenvalue weighted by molar-refractivity contribution is 7.89. The van der Waals surface area contributed by atoms with Crippen molar-refractivity contribution >= 4 is 16.1 Å². The van der Waals surface area contributed by atoms with Crippen molar-refractivity contribution < 1.29 is 27.4 Å². The Hall–Kier alpha value is -2.00. The zero-order valence-electron chi connectivity index (χ0n) is 13.4. The Morgan fingerprint density at radius 2 is 1.83 bits per heavy atom. The quantitative estimate of drug-likeness (QED) is 0.783. The van der Waals surface area contributed by atoms with Gasteiger partial charge in [0.1, 0.15) is 13.2 Å². The minimum Gasteiger partial charge on any atom is -0.486 e. The number of rotatable bonds is 2. The van der Waals surface area contributed by atoms with Crippen molar-refractivity contribution in [2.45, 2.75) is 11.3 Å². The Labute approximate surface area is 140 Å². The van der Waals surface area contributed by atoms with Crippen molar-refractivity contribution in [1.82, 2.24) is 9.21 Å². The van der Waals surface area contributed by atoms with Crippen LogP contribution in [0.25, 0.3) is 0 Å². The molecule has 1 aromatic carbocycles. The first-order chi connectivity index (χ1) is 11.5. The number of nitrogens with zero attached hydrogens (tertiary/aromatic N) is 2. The van der Waals surface area contributed by atoms with E-state index >= 15 is 0 Å². The predicted octanol–water partition coefficient (Wildman–Crippen LogP) is 0.921. The van der Waals surface area contributed by atoms with Gasteiger partial charge in [-0.05, 0) is 18.6 Å². The Kier molecular flexibility index (Phi) is 4.81. The first-order valence-electron chi connectivity index (χ1n) is 7.75. The van der Waals surface area contributed by atoms with Crippen LogP contribution in [0.5, 0.6) is 11.5 Å². The summed E-state index contributed by atoms with van der Waals surface area (Å²) in [5, 5.41) is 0. The van der Waals surface area contributed by atoms with Gasteiger partial charge in [-0.25, -0.2) is 13.2 Å². The first-order valence-corrected chi connectivity index (χ1v) is 9.19. The lowest BCUT2D eigenvalue weighted by molar-refractivity contribution is 0.126. The number of fused-ring (bicyclic) bond motifs is 1. The zero-order valence-corrected chi connectivity index (χ0v) is 14.3. The van der Waals surface area contributed by atoms with E-state index in [9.17, 15) is 13.2 Å². The van der Waals surface area contributed by atoms with Gasteiger partial charge in [-0.3, -0.25) is 0 Å². The summed E-state index contributed by atoms with van der Waals surface area (Å²) >= 11 is 0. The Balaban J connectivity index is 1.79. The van der Waals surface area contributed by atoms with Gasteiger partial charge in [0.25, 0.3) is 0 Å². The molecule has 24 heavy (non-hydrogen) atoms. The average Bonchev–Trinajstić information content (AvgIpc) is 2.87. The van der Waals surface area contributed by atoms with Crippen molar-refractivity contribution in [2.24, 2.45) is 0 Å². The van der Waals surface area contributed by atoms with Crippen LogP contribution in [-0.2, 0) is 14.8 Å². The van der Waals surface area contributed by atoms with E-state index in [2.05, 4.69) is 0 Å². The SMILES string of the molecule is COC(=O)N1CCCN(S(=O)(=O)c2ccc3c(c2)OCCO3)CC1. The fourth-order valence-corrected chi connectivity index (χ4v) is 4.26. The lowest BCUT2D eigenvalue weighted by Gasteiger charge is -2.23. The van der Waals surface area contributed by atoms with Crippen LogP contribution < -0.4 is 9.47 Å². The summed E-state index contributed by atoms with van der Waals surface area (Å²) in [5.74, 6) is 0.987. The molecule has 0 aromatic heterocycles. The normalized spacial score (nSPS) is 18.8. The van der Waals surface area contributed by atoms with E-state index in [1.165, 1.54) is 28.4 Å². The molecule has 0 spiro atoms. The molecule has 8 nitrogen and oxygen atoms in total. The molecule has 0 atom stereocenters. The second-order valence-corrected chi connectivity index (χ2v) is 7.46. The van der Waals surface area contributed by atoms with Gasteiger partial charge in [0.15, 0.2) is 11.5 Å². The van der Waals surface area contributed by atoms with Crippen molar-refractivity contribution in [3.63, 3.8) is 0 Å². The minimum absolute atomic E-state index is 0.165. The number of hydrogen-bond acceptors (Lipinski definition) is 6. The van der Waals surface area contributed by atoms with Crippen molar-refractivity contribution in [2.75, 3.05) is 46.5 Å². The summed E-state index contributed by atoms with van der Waals surface area (Å²) in [5.41, 5.74) is 0. The van der Waals surface area contributed by atoms with E-state index < -0.39 is 16.1 Å². The molecule has 0 bridgehead atoms. The maximum atomic E-state index is 12.9. The molecule has 0 saturated carbocycles. The third-order valence-electron chi connectivity index (χ3n) is 4.04. The molecule has 0 radical (unpaired) electrons. The van der Waals surface area contributed by atoms with Gasteiger partial charge in [-0.1, -0.05) is 0 Å². The van der Waals surface area contributed by atoms with Gasteiger partial charge in [0.05, 0.1) is 12.0 Å². The van der Waals surface area contributed by atoms with Gasteiger partial charge in [-0.2, -0.15) is 4.31 Å². The molecule has 1 aromatic rings. The summed E-state index contributed by atoms with van der Waals surface area (Å²) in [7, 11) is -2.34. The number of carbonyl (C=O) groups excluding carboxylic acids is 1. The molecule has 132 valence electrons. The standard InChI is InChI=1S/C15H20N2O6S/c1-21-15(18)16-5-2-6-17(8-7-16)24(19,20)12-3-4-13-14(11-12)23-10-9-22-13/h3-4,11H,2,5-10H2,1H3. The van der Waals surface area contributed by atoms with E-state index in [4.69, 9.17) is 14.2 Å². The molecule has 2 aliphatic heterocycles. The molecule has 1 fully saturated rings. The Morgan fingerprint density at radius 1 is 1.08 bits per heavy atom. The number of carbonyl (C=O) groups is 1. The van der Waals surface area contributed by atoms with Crippen LogP contribution in [0.1, 0.15) is 6.42 Å². The van der Waals surface area contributed by atoms with Gasteiger partial charge in [0, 0.05) is 32.2 Å². The van der Waals surface area contributed by atoms with E-state index in [0.717, 1.165) is 0 Å². The van der Waals surface area contributed by atoms with Crippen LogP contribution in [0.4, 0.5) is 4.79 Å². The molecule has 9 heteroatoms. The summed E-state index contributed by atoms with van der Waals surface area (Å²) in [4.78, 5) is 13.3. The highest BCUT2D eigenvalue weighted by atomic mass is 32.2. The monoisotopic (exact) mass is 356 g/mol. The Bertz CT molecular complexity index is 721. The van der Waals surface area contributed by atoms with E-state index in [-0.39, 0.29) is 11.4 Å². The molecule has 2 aliphatic rings. The van der Waals surface area contributed by atoms with Crippen LogP contribution in [-0.4, -0.2) is 70.2 Å². The number of amides is 1. The van der Waals surface area contributed by atoms with Crippen LogP contribution in [0.3, 0.4) is 0 Å². The van der Waals surface area contributed by atoms with Crippen molar-refractivity contribution in [3.05, 3.63) is 18.2 Å². The van der Waals surface area contributed by atoms with E-state index in [1.54, 1.807) is 6.07 Å². The third-order valence-corrected chi connectivity index (χ3v) is 5.93. The van der Waals surface area contributed by atoms with Crippen LogP contribution in [0.2, 0.25) is 0 Å². The lowest BCUT2D eigenvalue weighted by Crippen LogP contribution is -2.37. The summed E-state index contributed by atoms with van der Waals surface area (Å²) < 4.78 is 42.7. The summed E-state index contributed by atoms with van der Waals surface area (Å²) in [6, 6.07) is 4.62. The van der Waals surface area contributed by atoms with Crippen LogP contribution in [0.15, 0.2) is 23.1 Å². The third kappa shape index (κ3) is 3.27. The molecule has 1 saturated heterocycles. The van der Waals surface area contributed by atoms with E-state index in [1.807, 2.05) is 0 Å². The summed E-state index contributed by atoms with van der Waals surface area (Å²) in [6.07, 6.45) is 0.118. The van der Waals surface area contributed by atoms with Gasteiger partial charge in [0.2, 0.25) is 10.0 Å². The average molecular weight is 356 g/mol. The number of benzene rings is 1. The largest absolute Gasteiger partial charge is 0.486 e. The molecule has 0 N–H and O–H groups in total. The molecule has 3 rings (SSSR count). The molecular formula is C15H20N2O6S. The Morgan fingerprint density at radius 3 is 2.58 bits per heavy atom. The smallest absolute Gasteiger partial charge is 0.409 e. The van der Waals surface area contributed by atoms with E-state index in [0.29, 0.717) is 50.8 Å². The number of ether oxygens (including phenoxy) is 3. The summed E-state index contributed by atoms with van der Waals surface area (Å²) in [6.45, 7) is 2.20. The maximum Gasteiger partial charge on any atom is 0.409 e. The van der Waals surface area contributed by atoms with Gasteiger partial charge in [-0.15, -0.1) is 0 Å². The minimum atomic E-state index is -3.66. The van der Waals surface area contributed by atoms with Crippen molar-refractivity contribution in [1.29, 1.82) is 0 Å². The van der Waals surface area contributed by atoms with Gasteiger partial charge < -0.3 is 19.1 Å². The highest BCUT2D eigenvalue weighted by Gasteiger charge is 2.29. The highest BCUT2D eigenvalue weighted by Crippen LogP contribution is 2.33. The van der Waals surface area contributed by atoms with Crippen LogP contribution in [0, 0.1) is 0 Å². The van der Waals surface area contributed by atoms with Crippen molar-refractivity contribution in [3.8, 4) is 11.5 Å². The van der Waals surface area contributed by atoms with Crippen LogP contribution >= 0.6 is 0 Å². The lowest BCUT2D eigenvalue weighted by atomic mass is 10.3.